The van der Waals surface area contributed by atoms with E-state index in [1.165, 1.54) is 270 Å². The topological polar surface area (TPSA) is 78.9 Å². The fourth-order valence-electron chi connectivity index (χ4n) is 11.0. The molecule has 0 aliphatic carbocycles. The summed E-state index contributed by atoms with van der Waals surface area (Å²) >= 11 is 0. The Hall–Kier alpha value is -2.63. The zero-order valence-corrected chi connectivity index (χ0v) is 54.6. The van der Waals surface area contributed by atoms with E-state index in [1.54, 1.807) is 0 Å². The Balaban J connectivity index is 4.22. The maximum absolute atomic E-state index is 13.0. The molecule has 0 fully saturated rings. The van der Waals surface area contributed by atoms with Gasteiger partial charge in [0.15, 0.2) is 6.10 Å². The minimum atomic E-state index is -0.769. The van der Waals surface area contributed by atoms with E-state index in [1.807, 2.05) is 0 Å². The van der Waals surface area contributed by atoms with Crippen LogP contribution < -0.4 is 0 Å². The second-order valence-corrected chi connectivity index (χ2v) is 24.5. The summed E-state index contributed by atoms with van der Waals surface area (Å²) in [5.41, 5.74) is 0. The molecule has 474 valence electrons. The van der Waals surface area contributed by atoms with Gasteiger partial charge in [0.05, 0.1) is 0 Å². The lowest BCUT2D eigenvalue weighted by Gasteiger charge is -2.18. The molecule has 0 N–H and O–H groups in total. The van der Waals surface area contributed by atoms with Gasteiger partial charge in [-0.05, 0) is 57.8 Å². The maximum Gasteiger partial charge on any atom is 0.306 e. The van der Waals surface area contributed by atoms with E-state index in [9.17, 15) is 14.4 Å². The van der Waals surface area contributed by atoms with E-state index in [4.69, 9.17) is 14.2 Å². The lowest BCUT2D eigenvalue weighted by Crippen LogP contribution is -2.30. The average molecular weight is 1140 g/mol. The predicted molar refractivity (Wildman–Crippen MR) is 353 cm³/mol. The fraction of sp³-hybridized carbons (Fsp3) is 0.853. The van der Waals surface area contributed by atoms with E-state index in [0.29, 0.717) is 19.3 Å². The second-order valence-electron chi connectivity index (χ2n) is 24.5. The van der Waals surface area contributed by atoms with Crippen molar-refractivity contribution in [1.29, 1.82) is 0 Å². The van der Waals surface area contributed by atoms with Crippen molar-refractivity contribution in [2.45, 2.75) is 399 Å². The van der Waals surface area contributed by atoms with Gasteiger partial charge in [-0.25, -0.2) is 0 Å². The molecular weight excluding hydrogens is 997 g/mol. The highest BCUT2D eigenvalue weighted by Gasteiger charge is 2.19. The van der Waals surface area contributed by atoms with Crippen molar-refractivity contribution in [3.63, 3.8) is 0 Å². The van der Waals surface area contributed by atoms with Gasteiger partial charge in [0.2, 0.25) is 0 Å². The highest BCUT2D eigenvalue weighted by atomic mass is 16.6. The number of carbonyl (C=O) groups is 3. The maximum atomic E-state index is 13.0. The van der Waals surface area contributed by atoms with Gasteiger partial charge in [0.25, 0.3) is 0 Å². The van der Waals surface area contributed by atoms with Crippen LogP contribution in [0.5, 0.6) is 0 Å². The van der Waals surface area contributed by atoms with Crippen molar-refractivity contribution < 1.29 is 28.6 Å². The quantitative estimate of drug-likeness (QED) is 0.0261. The third-order valence-electron chi connectivity index (χ3n) is 16.3. The van der Waals surface area contributed by atoms with E-state index in [2.05, 4.69) is 69.4 Å². The number of hydrogen-bond donors (Lipinski definition) is 0. The van der Waals surface area contributed by atoms with Crippen LogP contribution in [-0.4, -0.2) is 37.2 Å². The molecule has 1 unspecified atom stereocenters. The van der Waals surface area contributed by atoms with Crippen molar-refractivity contribution in [3.8, 4) is 0 Å². The Morgan fingerprint density at radius 3 is 0.753 bits per heavy atom. The minimum absolute atomic E-state index is 0.0650. The van der Waals surface area contributed by atoms with Gasteiger partial charge in [-0.15, -0.1) is 0 Å². The third kappa shape index (κ3) is 68.0. The molecule has 0 aliphatic rings. The summed E-state index contributed by atoms with van der Waals surface area (Å²) in [6.07, 6.45) is 88.6. The minimum Gasteiger partial charge on any atom is -0.462 e. The summed E-state index contributed by atoms with van der Waals surface area (Å²) in [6.45, 7) is 6.61. The van der Waals surface area contributed by atoms with Gasteiger partial charge in [-0.2, -0.15) is 0 Å². The SMILES string of the molecule is CC/C=C\C/C=C\C/C=C\C/C=C\CCCCCCCCCCCCCCCCCCC(=O)OCC(COC(=O)CCCCCCCCCCCCCCCCCC)OC(=O)CCCCCCCCCCCCCCCCCCCC. The summed E-state index contributed by atoms with van der Waals surface area (Å²) in [5.74, 6) is -0.832. The van der Waals surface area contributed by atoms with Crippen LogP contribution in [0.3, 0.4) is 0 Å². The summed E-state index contributed by atoms with van der Waals surface area (Å²) in [6, 6.07) is 0. The Labute approximate surface area is 505 Å². The predicted octanol–water partition coefficient (Wildman–Crippen LogP) is 24.9. The Kier molecular flexibility index (Phi) is 67.6. The van der Waals surface area contributed by atoms with Gasteiger partial charge in [-0.1, -0.05) is 365 Å². The first-order valence-corrected chi connectivity index (χ1v) is 36.1. The number of esters is 3. The van der Waals surface area contributed by atoms with Gasteiger partial charge >= 0.3 is 17.9 Å². The van der Waals surface area contributed by atoms with Gasteiger partial charge in [0, 0.05) is 19.3 Å². The Morgan fingerprint density at radius 1 is 0.259 bits per heavy atom. The molecule has 0 saturated carbocycles. The number of hydrogen-bond acceptors (Lipinski definition) is 6. The van der Waals surface area contributed by atoms with Crippen LogP contribution in [0.2, 0.25) is 0 Å². The molecule has 6 heteroatoms. The van der Waals surface area contributed by atoms with Crippen molar-refractivity contribution in [2.75, 3.05) is 13.2 Å². The molecule has 0 aliphatic heterocycles. The first-order chi connectivity index (χ1) is 40.0. The van der Waals surface area contributed by atoms with Crippen LogP contribution in [0.4, 0.5) is 0 Å². The molecular formula is C75H138O6. The lowest BCUT2D eigenvalue weighted by molar-refractivity contribution is -0.167. The van der Waals surface area contributed by atoms with Gasteiger partial charge in [-0.3, -0.25) is 14.4 Å². The molecule has 81 heavy (non-hydrogen) atoms. The normalized spacial score (nSPS) is 12.3. The van der Waals surface area contributed by atoms with Crippen LogP contribution >= 0.6 is 0 Å². The molecule has 0 heterocycles. The number of ether oxygens (including phenoxy) is 3. The molecule has 0 aromatic rings. The van der Waals surface area contributed by atoms with E-state index < -0.39 is 6.10 Å². The van der Waals surface area contributed by atoms with Crippen LogP contribution in [0.15, 0.2) is 48.6 Å². The summed E-state index contributed by atoms with van der Waals surface area (Å²) in [7, 11) is 0. The van der Waals surface area contributed by atoms with E-state index >= 15 is 0 Å². The van der Waals surface area contributed by atoms with Gasteiger partial charge in [0.1, 0.15) is 13.2 Å². The Morgan fingerprint density at radius 2 is 0.481 bits per heavy atom. The monoisotopic (exact) mass is 1140 g/mol. The number of unbranched alkanes of at least 4 members (excludes halogenated alkanes) is 48. The molecule has 0 aromatic carbocycles. The Bertz CT molecular complexity index is 1400. The van der Waals surface area contributed by atoms with Crippen LogP contribution in [-0.2, 0) is 28.6 Å². The highest BCUT2D eigenvalue weighted by molar-refractivity contribution is 5.71. The average Bonchev–Trinajstić information content (AvgIpc) is 3.47. The largest absolute Gasteiger partial charge is 0.462 e. The third-order valence-corrected chi connectivity index (χ3v) is 16.3. The first kappa shape index (κ1) is 78.4. The van der Waals surface area contributed by atoms with Crippen LogP contribution in [0, 0.1) is 0 Å². The zero-order chi connectivity index (χ0) is 58.5. The standard InChI is InChI=1S/C75H138O6/c1-4-7-10-13-16-19-22-25-28-31-33-34-35-36-37-38-39-40-41-42-43-45-47-50-53-56-59-62-65-68-74(77)80-71-72(70-79-73(76)67-64-61-58-55-52-49-46-30-27-24-21-18-15-12-9-6-3)81-75(78)69-66-63-60-57-54-51-48-44-32-29-26-23-20-17-14-11-8-5-2/h7,10,16,19,25,28,33-34,72H,4-6,8-9,11-15,17-18,20-24,26-27,29-32,35-71H2,1-3H3/b10-7-,19-16-,28-25-,34-33-. The van der Waals surface area contributed by atoms with E-state index in [0.717, 1.165) is 83.5 Å². The summed E-state index contributed by atoms with van der Waals surface area (Å²) < 4.78 is 17.0. The molecule has 0 saturated heterocycles. The highest BCUT2D eigenvalue weighted by Crippen LogP contribution is 2.19. The van der Waals surface area contributed by atoms with Crippen molar-refractivity contribution in [2.24, 2.45) is 0 Å². The van der Waals surface area contributed by atoms with Crippen molar-refractivity contribution >= 4 is 17.9 Å². The molecule has 1 atom stereocenters. The fourth-order valence-corrected chi connectivity index (χ4v) is 11.0. The molecule has 0 spiro atoms. The molecule has 0 bridgehead atoms. The van der Waals surface area contributed by atoms with Gasteiger partial charge < -0.3 is 14.2 Å². The van der Waals surface area contributed by atoms with E-state index in [-0.39, 0.29) is 31.1 Å². The second kappa shape index (κ2) is 69.9. The van der Waals surface area contributed by atoms with Crippen LogP contribution in [0.25, 0.3) is 0 Å². The zero-order valence-electron chi connectivity index (χ0n) is 54.6. The summed E-state index contributed by atoms with van der Waals surface area (Å²) in [4.78, 5) is 38.5. The first-order valence-electron chi connectivity index (χ1n) is 36.1. The lowest BCUT2D eigenvalue weighted by atomic mass is 10.0. The number of rotatable bonds is 67. The molecule has 6 nitrogen and oxygen atoms in total. The van der Waals surface area contributed by atoms with Crippen LogP contribution in [0.1, 0.15) is 393 Å². The number of allylic oxidation sites excluding steroid dienone is 8. The number of carbonyl (C=O) groups excluding carboxylic acids is 3. The van der Waals surface area contributed by atoms with Crippen molar-refractivity contribution in [3.05, 3.63) is 48.6 Å². The summed E-state index contributed by atoms with van der Waals surface area (Å²) in [5, 5.41) is 0. The molecule has 0 rings (SSSR count). The molecule has 0 amide bonds. The molecule has 0 aromatic heterocycles. The molecule has 0 radical (unpaired) electrons. The van der Waals surface area contributed by atoms with Crippen molar-refractivity contribution in [1.82, 2.24) is 0 Å². The smallest absolute Gasteiger partial charge is 0.306 e.